The number of hydrogen-bond donors (Lipinski definition) is 3. The maximum Gasteiger partial charge on any atom is 0.163 e. The van der Waals surface area contributed by atoms with Crippen LogP contribution in [-0.4, -0.2) is 15.3 Å². The first-order valence-electron chi connectivity index (χ1n) is 5.52. The van der Waals surface area contributed by atoms with E-state index >= 15 is 0 Å². The van der Waals surface area contributed by atoms with E-state index in [-0.39, 0.29) is 28.4 Å². The van der Waals surface area contributed by atoms with Crippen LogP contribution in [0.15, 0.2) is 21.1 Å². The predicted octanol–water partition coefficient (Wildman–Crippen LogP) is 3.16. The maximum atomic E-state index is 9.67. The largest absolute Gasteiger partial charge is 0.506 e. The number of benzene rings is 1. The molecule has 8 heteroatoms. The first kappa shape index (κ1) is 15.1. The summed E-state index contributed by atoms with van der Waals surface area (Å²) in [7, 11) is 0. The number of aromatic nitrogens is 2. The summed E-state index contributed by atoms with van der Waals surface area (Å²) in [5.41, 5.74) is 6.80. The molecule has 21 heavy (non-hydrogen) atoms. The van der Waals surface area contributed by atoms with Crippen LogP contribution in [0.4, 0.5) is 5.82 Å². The van der Waals surface area contributed by atoms with Gasteiger partial charge in [-0.05, 0) is 55.6 Å². The lowest BCUT2D eigenvalue weighted by molar-refractivity contribution is 0.468. The third-order valence-corrected chi connectivity index (χ3v) is 3.86. The van der Waals surface area contributed by atoms with E-state index in [4.69, 9.17) is 11.0 Å². The lowest BCUT2D eigenvalue weighted by Gasteiger charge is -2.03. The molecule has 6 nitrogen and oxygen atoms in total. The van der Waals surface area contributed by atoms with Gasteiger partial charge in [0.25, 0.3) is 0 Å². The van der Waals surface area contributed by atoms with Gasteiger partial charge in [0.05, 0.1) is 20.2 Å². The minimum Gasteiger partial charge on any atom is -0.506 e. The molecule has 0 amide bonds. The van der Waals surface area contributed by atoms with Crippen molar-refractivity contribution in [3.05, 3.63) is 37.9 Å². The third-order valence-electron chi connectivity index (χ3n) is 2.65. The number of nitrogens with two attached hydrogens (primary N) is 1. The molecule has 0 bridgehead atoms. The first-order valence-corrected chi connectivity index (χ1v) is 7.10. The van der Waals surface area contributed by atoms with Gasteiger partial charge in [-0.25, -0.2) is 0 Å². The van der Waals surface area contributed by atoms with Crippen molar-refractivity contribution in [1.29, 1.82) is 10.5 Å². The molecule has 0 saturated heterocycles. The molecule has 0 spiro atoms. The molecule has 0 fully saturated rings. The van der Waals surface area contributed by atoms with Gasteiger partial charge in [-0.2, -0.15) is 15.6 Å². The van der Waals surface area contributed by atoms with Gasteiger partial charge in [-0.15, -0.1) is 0 Å². The van der Waals surface area contributed by atoms with Crippen molar-refractivity contribution in [2.24, 2.45) is 0 Å². The van der Waals surface area contributed by atoms with Crippen molar-refractivity contribution in [3.63, 3.8) is 0 Å². The van der Waals surface area contributed by atoms with E-state index in [0.29, 0.717) is 14.5 Å². The van der Waals surface area contributed by atoms with E-state index in [1.54, 1.807) is 18.2 Å². The Balaban J connectivity index is 2.57. The zero-order valence-corrected chi connectivity index (χ0v) is 13.5. The lowest BCUT2D eigenvalue weighted by Crippen LogP contribution is -1.90. The van der Waals surface area contributed by atoms with E-state index in [9.17, 15) is 10.4 Å². The SMILES string of the molecule is N#CC(=Cc1cc(Br)c(O)c(Br)c1)c1[nH]nc(N)c1C#N. The van der Waals surface area contributed by atoms with Crippen LogP contribution in [0.2, 0.25) is 0 Å². The average molecular weight is 409 g/mol. The molecule has 1 aromatic heterocycles. The van der Waals surface area contributed by atoms with Crippen LogP contribution < -0.4 is 5.73 Å². The molecule has 104 valence electrons. The zero-order chi connectivity index (χ0) is 15.6. The summed E-state index contributed by atoms with van der Waals surface area (Å²) in [4.78, 5) is 0. The van der Waals surface area contributed by atoms with Crippen LogP contribution in [-0.2, 0) is 0 Å². The molecule has 0 aliphatic carbocycles. The minimum atomic E-state index is 0.0433. The number of nitrogens with zero attached hydrogens (tertiary/aromatic N) is 3. The fourth-order valence-electron chi connectivity index (χ4n) is 1.66. The van der Waals surface area contributed by atoms with Crippen LogP contribution in [0, 0.1) is 22.7 Å². The van der Waals surface area contributed by atoms with Crippen LogP contribution in [0.5, 0.6) is 5.75 Å². The zero-order valence-electron chi connectivity index (χ0n) is 10.4. The van der Waals surface area contributed by atoms with Crippen molar-refractivity contribution in [1.82, 2.24) is 10.2 Å². The van der Waals surface area contributed by atoms with Gasteiger partial charge < -0.3 is 10.8 Å². The van der Waals surface area contributed by atoms with Crippen molar-refractivity contribution >= 4 is 49.3 Å². The summed E-state index contributed by atoms with van der Waals surface area (Å²) >= 11 is 6.43. The molecule has 4 N–H and O–H groups in total. The van der Waals surface area contributed by atoms with Crippen LogP contribution in [0.25, 0.3) is 11.6 Å². The van der Waals surface area contributed by atoms with Gasteiger partial charge in [-0.3, -0.25) is 5.10 Å². The average Bonchev–Trinajstić information content (AvgIpc) is 2.82. The Kier molecular flexibility index (Phi) is 4.32. The van der Waals surface area contributed by atoms with Gasteiger partial charge >= 0.3 is 0 Å². The van der Waals surface area contributed by atoms with Gasteiger partial charge in [0.1, 0.15) is 23.5 Å². The summed E-state index contributed by atoms with van der Waals surface area (Å²) < 4.78 is 0.954. The van der Waals surface area contributed by atoms with Crippen molar-refractivity contribution in [3.8, 4) is 17.9 Å². The number of nitriles is 2. The predicted molar refractivity (Wildman–Crippen MR) is 84.7 cm³/mol. The normalized spacial score (nSPS) is 11.0. The number of nitrogen functional groups attached to an aromatic ring is 1. The Bertz CT molecular complexity index is 803. The number of anilines is 1. The van der Waals surface area contributed by atoms with E-state index in [1.807, 2.05) is 12.1 Å². The summed E-state index contributed by atoms with van der Waals surface area (Å²) in [6, 6.07) is 7.19. The highest BCUT2D eigenvalue weighted by molar-refractivity contribution is 9.11. The summed E-state index contributed by atoms with van der Waals surface area (Å²) in [5.74, 6) is 0.107. The molecular weight excluding hydrogens is 402 g/mol. The Labute approximate surface area is 136 Å². The number of nitrogens with one attached hydrogen (secondary N) is 1. The quantitative estimate of drug-likeness (QED) is 0.658. The minimum absolute atomic E-state index is 0.0433. The molecular formula is C13H7Br2N5O. The number of allylic oxidation sites excluding steroid dienone is 1. The summed E-state index contributed by atoms with van der Waals surface area (Å²) in [6.07, 6.45) is 1.56. The van der Waals surface area contributed by atoms with E-state index in [0.717, 1.165) is 0 Å². The second-order valence-corrected chi connectivity index (χ2v) is 5.68. The van der Waals surface area contributed by atoms with Crippen LogP contribution in [0.3, 0.4) is 0 Å². The highest BCUT2D eigenvalue weighted by Crippen LogP contribution is 2.34. The highest BCUT2D eigenvalue weighted by atomic mass is 79.9. The molecule has 0 unspecified atom stereocenters. The van der Waals surface area contributed by atoms with Crippen molar-refractivity contribution < 1.29 is 5.11 Å². The molecule has 0 atom stereocenters. The van der Waals surface area contributed by atoms with Gasteiger partial charge in [-0.1, -0.05) is 0 Å². The lowest BCUT2D eigenvalue weighted by atomic mass is 10.1. The number of phenols is 1. The monoisotopic (exact) mass is 407 g/mol. The maximum absolute atomic E-state index is 9.67. The number of phenolic OH excluding ortho intramolecular Hbond substituents is 1. The van der Waals surface area contributed by atoms with Crippen LogP contribution in [0.1, 0.15) is 16.8 Å². The molecule has 0 radical (unpaired) electrons. The second-order valence-electron chi connectivity index (χ2n) is 3.97. The van der Waals surface area contributed by atoms with E-state index in [1.165, 1.54) is 0 Å². The fourth-order valence-corrected chi connectivity index (χ4v) is 2.88. The molecule has 0 aliphatic heterocycles. The van der Waals surface area contributed by atoms with Crippen molar-refractivity contribution in [2.75, 3.05) is 5.73 Å². The Hall–Kier alpha value is -2.29. The topological polar surface area (TPSA) is 123 Å². The second kappa shape index (κ2) is 6.00. The van der Waals surface area contributed by atoms with Gasteiger partial charge in [0.15, 0.2) is 5.82 Å². The van der Waals surface area contributed by atoms with Crippen molar-refractivity contribution in [2.45, 2.75) is 0 Å². The highest BCUT2D eigenvalue weighted by Gasteiger charge is 2.15. The molecule has 2 aromatic rings. The Morgan fingerprint density at radius 1 is 1.33 bits per heavy atom. The smallest absolute Gasteiger partial charge is 0.163 e. The standard InChI is InChI=1S/C13H7Br2N5O/c14-9-2-6(3-10(15)12(9)21)1-7(4-16)11-8(5-17)13(18)20-19-11/h1-3,21H,(H3,18,19,20). The summed E-state index contributed by atoms with van der Waals surface area (Å²) in [5, 5.41) is 34.3. The molecule has 0 aliphatic rings. The molecule has 2 rings (SSSR count). The summed E-state index contributed by atoms with van der Waals surface area (Å²) in [6.45, 7) is 0. The Morgan fingerprint density at radius 3 is 2.48 bits per heavy atom. The fraction of sp³-hybridized carbons (Fsp3) is 0. The number of aromatic amines is 1. The van der Waals surface area contributed by atoms with E-state index < -0.39 is 0 Å². The molecule has 1 heterocycles. The number of rotatable bonds is 2. The molecule has 0 saturated carbocycles. The number of H-pyrrole nitrogens is 1. The third kappa shape index (κ3) is 2.92. The molecule has 1 aromatic carbocycles. The van der Waals surface area contributed by atoms with Gasteiger partial charge in [0.2, 0.25) is 0 Å². The number of hydrogen-bond acceptors (Lipinski definition) is 5. The Morgan fingerprint density at radius 2 is 1.95 bits per heavy atom. The van der Waals surface area contributed by atoms with Gasteiger partial charge in [0, 0.05) is 0 Å². The van der Waals surface area contributed by atoms with Crippen LogP contribution >= 0.6 is 31.9 Å². The van der Waals surface area contributed by atoms with E-state index in [2.05, 4.69) is 42.1 Å². The number of halogens is 2. The number of aromatic hydroxyl groups is 1. The first-order chi connectivity index (χ1) is 9.97.